The number of ketones is 1. The summed E-state index contributed by atoms with van der Waals surface area (Å²) in [4.78, 5) is 32.4. The van der Waals surface area contributed by atoms with E-state index in [0.717, 1.165) is 16.7 Å². The van der Waals surface area contributed by atoms with Crippen LogP contribution in [0.2, 0.25) is 5.02 Å². The minimum Gasteiger partial charge on any atom is -0.453 e. The first-order valence-electron chi connectivity index (χ1n) is 8.61. The molecule has 1 aromatic carbocycles. The van der Waals surface area contributed by atoms with Crippen LogP contribution in [0.25, 0.3) is 0 Å². The van der Waals surface area contributed by atoms with Crippen molar-refractivity contribution >= 4 is 29.3 Å². The van der Waals surface area contributed by atoms with Gasteiger partial charge in [0.15, 0.2) is 0 Å². The molecule has 6 nitrogen and oxygen atoms in total. The van der Waals surface area contributed by atoms with Gasteiger partial charge in [0.05, 0.1) is 13.7 Å². The summed E-state index contributed by atoms with van der Waals surface area (Å²) < 4.78 is 4.58. The molecule has 1 aromatic heterocycles. The summed E-state index contributed by atoms with van der Waals surface area (Å²) >= 11 is 5.91. The number of alkyl carbamates (subject to hydrolysis) is 1. The van der Waals surface area contributed by atoms with Crippen LogP contribution in [0.15, 0.2) is 41.5 Å². The Morgan fingerprint density at radius 2 is 2.04 bits per heavy atom. The van der Waals surface area contributed by atoms with Gasteiger partial charge < -0.3 is 4.74 Å². The van der Waals surface area contributed by atoms with E-state index in [1.54, 1.807) is 6.20 Å². The smallest absolute Gasteiger partial charge is 0.412 e. The predicted octanol–water partition coefficient (Wildman–Crippen LogP) is 3.66. The number of methoxy groups -OCH3 is 1. The standard InChI is InChI=1S/C20H20ClN3O3/c1-12(13-3-5-15(21)6-4-13)7-17(25)9-16-8-14-10-23-19(18(14)11-22-16)24-20(26)27-2/h3-6,8,11-12H,7,9-10H2,1-2H3,(H,23,24,26)/t12-/m0/s1. The largest absolute Gasteiger partial charge is 0.453 e. The van der Waals surface area contributed by atoms with Gasteiger partial charge in [-0.05, 0) is 35.2 Å². The quantitative estimate of drug-likeness (QED) is 0.851. The lowest BCUT2D eigenvalue weighted by atomic mass is 9.94. The number of amides is 1. The lowest BCUT2D eigenvalue weighted by Crippen LogP contribution is -2.30. The van der Waals surface area contributed by atoms with E-state index in [4.69, 9.17) is 11.6 Å². The molecule has 0 saturated carbocycles. The maximum atomic E-state index is 12.4. The van der Waals surface area contributed by atoms with Crippen molar-refractivity contribution < 1.29 is 14.3 Å². The number of pyridine rings is 1. The zero-order valence-corrected chi connectivity index (χ0v) is 15.9. The third-order valence-corrected chi connectivity index (χ3v) is 4.72. The van der Waals surface area contributed by atoms with E-state index in [1.165, 1.54) is 7.11 Å². The number of nitrogens with zero attached hydrogens (tertiary/aromatic N) is 2. The van der Waals surface area contributed by atoms with Crippen molar-refractivity contribution in [2.75, 3.05) is 7.11 Å². The molecule has 1 atom stereocenters. The van der Waals surface area contributed by atoms with Crippen molar-refractivity contribution in [1.29, 1.82) is 0 Å². The van der Waals surface area contributed by atoms with Crippen molar-refractivity contribution in [2.45, 2.75) is 32.2 Å². The molecule has 2 aromatic rings. The van der Waals surface area contributed by atoms with Gasteiger partial charge in [0, 0.05) is 35.3 Å². The molecule has 27 heavy (non-hydrogen) atoms. The van der Waals surface area contributed by atoms with Crippen LogP contribution in [-0.2, 0) is 22.5 Å². The van der Waals surface area contributed by atoms with E-state index in [1.807, 2.05) is 37.3 Å². The Kier molecular flexibility index (Phi) is 5.86. The molecule has 2 heterocycles. The first kappa shape index (κ1) is 19.0. The highest BCUT2D eigenvalue weighted by molar-refractivity contribution is 6.30. The number of aromatic nitrogens is 1. The first-order valence-corrected chi connectivity index (χ1v) is 8.99. The monoisotopic (exact) mass is 385 g/mol. The number of nitrogens with one attached hydrogen (secondary N) is 1. The fourth-order valence-electron chi connectivity index (χ4n) is 3.02. The van der Waals surface area contributed by atoms with E-state index < -0.39 is 6.09 Å². The molecule has 0 bridgehead atoms. The van der Waals surface area contributed by atoms with E-state index in [9.17, 15) is 9.59 Å². The number of aliphatic imine (C=N–C) groups is 1. The van der Waals surface area contributed by atoms with Gasteiger partial charge in [0.2, 0.25) is 0 Å². The number of fused-ring (bicyclic) bond motifs is 1. The zero-order chi connectivity index (χ0) is 19.4. The van der Waals surface area contributed by atoms with E-state index in [0.29, 0.717) is 29.5 Å². The minimum absolute atomic E-state index is 0.114. The van der Waals surface area contributed by atoms with E-state index >= 15 is 0 Å². The van der Waals surface area contributed by atoms with Gasteiger partial charge in [0.1, 0.15) is 11.6 Å². The van der Waals surface area contributed by atoms with Gasteiger partial charge in [-0.25, -0.2) is 4.79 Å². The highest BCUT2D eigenvalue weighted by Gasteiger charge is 2.20. The Hall–Kier alpha value is -2.73. The summed E-state index contributed by atoms with van der Waals surface area (Å²) in [7, 11) is 1.30. The van der Waals surface area contributed by atoms with Crippen LogP contribution in [0.3, 0.4) is 0 Å². The molecule has 0 unspecified atom stereocenters. The van der Waals surface area contributed by atoms with Crippen LogP contribution in [0.1, 0.15) is 41.6 Å². The number of hydrogen-bond acceptors (Lipinski definition) is 5. The molecule has 0 aliphatic carbocycles. The fourth-order valence-corrected chi connectivity index (χ4v) is 3.14. The normalized spacial score (nSPS) is 13.5. The summed E-state index contributed by atoms with van der Waals surface area (Å²) in [6.45, 7) is 2.47. The summed E-state index contributed by atoms with van der Waals surface area (Å²) in [6, 6.07) is 9.43. The molecule has 140 valence electrons. The second kappa shape index (κ2) is 8.31. The first-order chi connectivity index (χ1) is 13.0. The van der Waals surface area contributed by atoms with Crippen LogP contribution in [0, 0.1) is 0 Å². The van der Waals surface area contributed by atoms with E-state index in [-0.39, 0.29) is 18.1 Å². The van der Waals surface area contributed by atoms with Gasteiger partial charge in [-0.15, -0.1) is 0 Å². The lowest BCUT2D eigenvalue weighted by molar-refractivity contribution is -0.118. The molecular weight excluding hydrogens is 366 g/mol. The molecule has 0 saturated heterocycles. The second-order valence-electron chi connectivity index (χ2n) is 6.49. The van der Waals surface area contributed by atoms with Crippen molar-refractivity contribution in [2.24, 2.45) is 4.99 Å². The summed E-state index contributed by atoms with van der Waals surface area (Å²) in [6.07, 6.45) is 1.77. The zero-order valence-electron chi connectivity index (χ0n) is 15.2. The van der Waals surface area contributed by atoms with Crippen molar-refractivity contribution in [3.63, 3.8) is 0 Å². The average Bonchev–Trinajstić information content (AvgIpc) is 3.04. The Balaban J connectivity index is 1.61. The molecule has 1 aliphatic heterocycles. The number of carbonyl (C=O) groups excluding carboxylic acids is 2. The molecular formula is C20H20ClN3O3. The Bertz CT molecular complexity index is 894. The predicted molar refractivity (Wildman–Crippen MR) is 103 cm³/mol. The maximum Gasteiger partial charge on any atom is 0.412 e. The number of rotatable bonds is 5. The fraction of sp³-hybridized carbons (Fsp3) is 0.300. The van der Waals surface area contributed by atoms with E-state index in [2.05, 4.69) is 20.0 Å². The molecule has 0 spiro atoms. The number of Topliss-reactive ketones (excluding diaryl/α,β-unsaturated/α-hetero) is 1. The number of hydrogen-bond donors (Lipinski definition) is 1. The summed E-state index contributed by atoms with van der Waals surface area (Å²) in [5, 5.41) is 3.25. The Labute approximate surface area is 162 Å². The number of benzene rings is 1. The SMILES string of the molecule is COC(=O)NC1=NCc2cc(CC(=O)C[C@H](C)c3ccc(Cl)cc3)ncc21. The van der Waals surface area contributed by atoms with Crippen molar-refractivity contribution in [3.05, 3.63) is 63.9 Å². The average molecular weight is 386 g/mol. The molecule has 0 radical (unpaired) electrons. The number of halogens is 1. The van der Waals surface area contributed by atoms with Crippen LogP contribution in [0.4, 0.5) is 4.79 Å². The van der Waals surface area contributed by atoms with Crippen LogP contribution in [-0.4, -0.2) is 29.8 Å². The third kappa shape index (κ3) is 4.71. The van der Waals surface area contributed by atoms with Gasteiger partial charge in [0.25, 0.3) is 0 Å². The topological polar surface area (TPSA) is 80.6 Å². The highest BCUT2D eigenvalue weighted by Crippen LogP contribution is 2.23. The highest BCUT2D eigenvalue weighted by atomic mass is 35.5. The molecule has 3 rings (SSSR count). The molecule has 7 heteroatoms. The second-order valence-corrected chi connectivity index (χ2v) is 6.92. The van der Waals surface area contributed by atoms with Crippen molar-refractivity contribution in [1.82, 2.24) is 10.3 Å². The number of ether oxygens (including phenoxy) is 1. The molecule has 1 amide bonds. The van der Waals surface area contributed by atoms with Crippen LogP contribution in [0.5, 0.6) is 0 Å². The van der Waals surface area contributed by atoms with Crippen LogP contribution < -0.4 is 5.32 Å². The van der Waals surface area contributed by atoms with Gasteiger partial charge in [-0.1, -0.05) is 30.7 Å². The number of carbonyl (C=O) groups is 2. The summed E-state index contributed by atoms with van der Waals surface area (Å²) in [5.41, 5.74) is 3.48. The molecule has 1 aliphatic rings. The van der Waals surface area contributed by atoms with Crippen LogP contribution >= 0.6 is 11.6 Å². The third-order valence-electron chi connectivity index (χ3n) is 4.47. The lowest BCUT2D eigenvalue weighted by Gasteiger charge is -2.11. The summed E-state index contributed by atoms with van der Waals surface area (Å²) in [5.74, 6) is 0.679. The Morgan fingerprint density at radius 1 is 1.30 bits per heavy atom. The Morgan fingerprint density at radius 3 is 2.74 bits per heavy atom. The minimum atomic E-state index is -0.572. The van der Waals surface area contributed by atoms with Gasteiger partial charge >= 0.3 is 6.09 Å². The molecule has 1 N–H and O–H groups in total. The van der Waals surface area contributed by atoms with Gasteiger partial charge in [-0.2, -0.15) is 0 Å². The maximum absolute atomic E-state index is 12.4. The molecule has 0 fully saturated rings. The van der Waals surface area contributed by atoms with Gasteiger partial charge in [-0.3, -0.25) is 20.1 Å². The number of amidine groups is 1. The van der Waals surface area contributed by atoms with Crippen molar-refractivity contribution in [3.8, 4) is 0 Å².